The Labute approximate surface area is 187 Å². The molecule has 8 heteroatoms. The van der Waals surface area contributed by atoms with Crippen molar-refractivity contribution in [1.29, 1.82) is 5.26 Å². The molecule has 0 aliphatic carbocycles. The number of ether oxygens (including phenoxy) is 1. The molecule has 0 bridgehead atoms. The zero-order chi connectivity index (χ0) is 22.7. The Morgan fingerprint density at radius 3 is 2.65 bits per heavy atom. The number of likely N-dealkylation sites (N-methyl/N-ethyl adjacent to an activating group) is 1. The van der Waals surface area contributed by atoms with Gasteiger partial charge in [-0.25, -0.2) is 0 Å². The average Bonchev–Trinajstić information content (AvgIpc) is 3.12. The Morgan fingerprint density at radius 1 is 1.26 bits per heavy atom. The summed E-state index contributed by atoms with van der Waals surface area (Å²) in [6.07, 6.45) is 0. The van der Waals surface area contributed by atoms with Gasteiger partial charge in [0.15, 0.2) is 0 Å². The highest BCUT2D eigenvalue weighted by molar-refractivity contribution is 7.80. The third-order valence-corrected chi connectivity index (χ3v) is 5.71. The normalized spacial score (nSPS) is 15.5. The molecule has 7 nitrogen and oxygen atoms in total. The van der Waals surface area contributed by atoms with E-state index in [1.807, 2.05) is 37.9 Å². The number of hydrazone groups is 1. The first-order valence-electron chi connectivity index (χ1n) is 9.96. The van der Waals surface area contributed by atoms with E-state index in [2.05, 4.69) is 16.6 Å². The summed E-state index contributed by atoms with van der Waals surface area (Å²) in [5, 5.41) is 34.8. The molecule has 0 saturated heterocycles. The van der Waals surface area contributed by atoms with Crippen molar-refractivity contribution in [3.05, 3.63) is 52.6 Å². The number of methoxy groups -OCH3 is 1. The van der Waals surface area contributed by atoms with E-state index in [-0.39, 0.29) is 17.4 Å². The highest BCUT2D eigenvalue weighted by Gasteiger charge is 2.32. The summed E-state index contributed by atoms with van der Waals surface area (Å²) in [5.41, 5.74) is 6.72. The second-order valence-electron chi connectivity index (χ2n) is 7.79. The molecule has 2 aromatic rings. The number of hydrogen-bond acceptors (Lipinski definition) is 7. The molecule has 162 valence electrons. The maximum atomic E-state index is 10.5. The highest BCUT2D eigenvalue weighted by Crippen LogP contribution is 2.37. The van der Waals surface area contributed by atoms with Crippen molar-refractivity contribution in [2.45, 2.75) is 25.7 Å². The molecule has 3 N–H and O–H groups in total. The number of nitrogens with zero attached hydrogens (tertiary/aromatic N) is 3. The predicted octanol–water partition coefficient (Wildman–Crippen LogP) is 3.59. The molecule has 0 aromatic heterocycles. The number of nitrogens with one attached hydrogen (secondary N) is 1. The Kier molecular flexibility index (Phi) is 6.78. The van der Waals surface area contributed by atoms with Crippen LogP contribution in [0.3, 0.4) is 0 Å². The number of nitriles is 1. The lowest BCUT2D eigenvalue weighted by Gasteiger charge is -2.22. The molecule has 1 aliphatic heterocycles. The van der Waals surface area contributed by atoms with Crippen LogP contribution in [0, 0.1) is 11.3 Å². The van der Waals surface area contributed by atoms with E-state index in [1.54, 1.807) is 19.2 Å². The zero-order valence-corrected chi connectivity index (χ0v) is 18.8. The minimum atomic E-state index is -0.420. The van der Waals surface area contributed by atoms with E-state index in [4.69, 9.17) is 17.0 Å². The molecule has 0 radical (unpaired) electrons. The molecule has 1 aliphatic rings. The fourth-order valence-electron chi connectivity index (χ4n) is 3.66. The molecule has 3 rings (SSSR count). The lowest BCUT2D eigenvalue weighted by Crippen LogP contribution is -2.24. The van der Waals surface area contributed by atoms with Crippen molar-refractivity contribution in [1.82, 2.24) is 5.43 Å². The van der Waals surface area contributed by atoms with Crippen LogP contribution in [0.4, 0.5) is 5.69 Å². The van der Waals surface area contributed by atoms with Crippen LogP contribution < -0.4 is 10.3 Å². The Bertz CT molecular complexity index is 1080. The largest absolute Gasteiger partial charge is 0.508 e. The second-order valence-corrected chi connectivity index (χ2v) is 8.23. The minimum Gasteiger partial charge on any atom is -0.508 e. The summed E-state index contributed by atoms with van der Waals surface area (Å²) < 4.78 is 5.13. The Hall–Kier alpha value is -3.15. The SMILES string of the molecule is COCCN(C)c1ccc(C2C(=S)NN=C2c2cc(C(C)C)c(O)cc2O)cc1C#N. The van der Waals surface area contributed by atoms with Crippen molar-refractivity contribution in [3.8, 4) is 17.6 Å². The number of rotatable bonds is 7. The zero-order valence-electron chi connectivity index (χ0n) is 18.0. The van der Waals surface area contributed by atoms with E-state index in [9.17, 15) is 15.5 Å². The van der Waals surface area contributed by atoms with Gasteiger partial charge in [0.2, 0.25) is 0 Å². The molecule has 1 heterocycles. The van der Waals surface area contributed by atoms with Crippen LogP contribution in [0.5, 0.6) is 11.5 Å². The number of phenolic OH excluding ortho intramolecular Hbond substituents is 2. The quantitative estimate of drug-likeness (QED) is 0.568. The van der Waals surface area contributed by atoms with Gasteiger partial charge < -0.3 is 19.8 Å². The summed E-state index contributed by atoms with van der Waals surface area (Å²) in [5.74, 6) is -0.395. The van der Waals surface area contributed by atoms with E-state index in [0.29, 0.717) is 40.5 Å². The summed E-state index contributed by atoms with van der Waals surface area (Å²) in [4.78, 5) is 2.45. The topological polar surface area (TPSA) is 101 Å². The number of phenols is 2. The number of hydrogen-bond donors (Lipinski definition) is 3. The molecule has 0 saturated carbocycles. The fraction of sp³-hybridized carbons (Fsp3) is 0.348. The van der Waals surface area contributed by atoms with Crippen LogP contribution >= 0.6 is 12.2 Å². The molecule has 0 fully saturated rings. The maximum absolute atomic E-state index is 10.5. The van der Waals surface area contributed by atoms with Crippen molar-refractivity contribution in [3.63, 3.8) is 0 Å². The van der Waals surface area contributed by atoms with Gasteiger partial charge >= 0.3 is 0 Å². The first kappa shape index (κ1) is 22.5. The standard InChI is InChI=1S/C23H26N4O3S/c1-13(2)16-10-17(20(29)11-19(16)28)22-21(23(31)26-25-22)14-5-6-18(15(9-14)12-24)27(3)7-8-30-4/h5-6,9-11,13,21,28-29H,7-8H2,1-4H3,(H,26,31). The van der Waals surface area contributed by atoms with E-state index < -0.39 is 5.92 Å². The lowest BCUT2D eigenvalue weighted by atomic mass is 9.87. The van der Waals surface area contributed by atoms with E-state index in [1.165, 1.54) is 6.07 Å². The lowest BCUT2D eigenvalue weighted by molar-refractivity contribution is 0.206. The van der Waals surface area contributed by atoms with Crippen molar-refractivity contribution in [2.24, 2.45) is 5.10 Å². The monoisotopic (exact) mass is 438 g/mol. The van der Waals surface area contributed by atoms with E-state index >= 15 is 0 Å². The number of thiocarbonyl (C=S) groups is 1. The summed E-state index contributed by atoms with van der Waals surface area (Å²) in [6, 6.07) is 10.9. The Morgan fingerprint density at radius 2 is 2.00 bits per heavy atom. The van der Waals surface area contributed by atoms with Crippen LogP contribution in [-0.2, 0) is 4.74 Å². The molecule has 31 heavy (non-hydrogen) atoms. The van der Waals surface area contributed by atoms with E-state index in [0.717, 1.165) is 11.3 Å². The Balaban J connectivity index is 2.03. The minimum absolute atomic E-state index is 0.0390. The smallest absolute Gasteiger partial charge is 0.128 e. The van der Waals surface area contributed by atoms with Crippen molar-refractivity contribution < 1.29 is 14.9 Å². The van der Waals surface area contributed by atoms with Crippen LogP contribution in [0.15, 0.2) is 35.4 Å². The van der Waals surface area contributed by atoms with Crippen molar-refractivity contribution in [2.75, 3.05) is 32.2 Å². The summed E-state index contributed by atoms with van der Waals surface area (Å²) >= 11 is 5.51. The van der Waals surface area contributed by atoms with Gasteiger partial charge in [-0.05, 0) is 35.2 Å². The van der Waals surface area contributed by atoms with Gasteiger partial charge in [-0.15, -0.1) is 0 Å². The third-order valence-electron chi connectivity index (χ3n) is 5.38. The van der Waals surface area contributed by atoms with Gasteiger partial charge in [0, 0.05) is 32.3 Å². The maximum Gasteiger partial charge on any atom is 0.128 e. The number of anilines is 1. The van der Waals surface area contributed by atoms with Gasteiger partial charge in [-0.2, -0.15) is 10.4 Å². The first-order chi connectivity index (χ1) is 14.8. The molecular weight excluding hydrogens is 412 g/mol. The molecule has 1 unspecified atom stereocenters. The number of aromatic hydroxyl groups is 2. The summed E-state index contributed by atoms with van der Waals surface area (Å²) in [7, 11) is 3.55. The van der Waals surface area contributed by atoms with Gasteiger partial charge in [0.25, 0.3) is 0 Å². The second kappa shape index (κ2) is 9.33. The number of benzene rings is 2. The van der Waals surface area contributed by atoms with Gasteiger partial charge in [0.05, 0.1) is 29.5 Å². The molecule has 1 atom stereocenters. The van der Waals surface area contributed by atoms with Crippen LogP contribution in [0.2, 0.25) is 0 Å². The van der Waals surface area contributed by atoms with Gasteiger partial charge in [-0.3, -0.25) is 5.43 Å². The van der Waals surface area contributed by atoms with Crippen molar-refractivity contribution >= 4 is 28.6 Å². The molecular formula is C23H26N4O3S. The fourth-order valence-corrected chi connectivity index (χ4v) is 3.95. The molecule has 2 aromatic carbocycles. The summed E-state index contributed by atoms with van der Waals surface area (Å²) in [6.45, 7) is 5.13. The van der Waals surface area contributed by atoms with Crippen LogP contribution in [0.1, 0.15) is 47.9 Å². The van der Waals surface area contributed by atoms with Gasteiger partial charge in [-0.1, -0.05) is 32.1 Å². The third kappa shape index (κ3) is 4.48. The van der Waals surface area contributed by atoms with Gasteiger partial charge in [0.1, 0.15) is 22.6 Å². The van der Waals surface area contributed by atoms with Crippen LogP contribution in [0.25, 0.3) is 0 Å². The molecule has 0 spiro atoms. The first-order valence-corrected chi connectivity index (χ1v) is 10.4. The average molecular weight is 439 g/mol. The predicted molar refractivity (Wildman–Crippen MR) is 125 cm³/mol. The molecule has 0 amide bonds. The highest BCUT2D eigenvalue weighted by atomic mass is 32.1. The van der Waals surface area contributed by atoms with Crippen LogP contribution in [-0.4, -0.2) is 48.2 Å².